The van der Waals surface area contributed by atoms with E-state index < -0.39 is 26.5 Å². The molecule has 45 heavy (non-hydrogen) atoms. The van der Waals surface area contributed by atoms with Gasteiger partial charge in [0.05, 0.1) is 6.61 Å². The van der Waals surface area contributed by atoms with Crippen molar-refractivity contribution in [3.05, 3.63) is 12.2 Å². The van der Waals surface area contributed by atoms with Gasteiger partial charge in [-0.25, -0.2) is 4.57 Å². The van der Waals surface area contributed by atoms with E-state index >= 15 is 0 Å². The predicted molar refractivity (Wildman–Crippen MR) is 184 cm³/mol. The lowest BCUT2D eigenvalue weighted by Crippen LogP contribution is -2.29. The SMILES string of the molecule is CCCC/C=C\CCCCCCCCCC(=O)O[C@H](COC(=O)CCCCCCCCCCCCCCC)COP(=O)(O)OC. The third-order valence-corrected chi connectivity index (χ3v) is 8.95. The molecule has 0 fully saturated rings. The van der Waals surface area contributed by atoms with Crippen LogP contribution in [-0.4, -0.2) is 43.3 Å². The maximum Gasteiger partial charge on any atom is 0.472 e. The first-order valence-corrected chi connectivity index (χ1v) is 19.9. The first-order chi connectivity index (χ1) is 21.8. The highest BCUT2D eigenvalue weighted by Crippen LogP contribution is 2.42. The van der Waals surface area contributed by atoms with Crippen molar-refractivity contribution >= 4 is 19.8 Å². The van der Waals surface area contributed by atoms with Crippen molar-refractivity contribution in [2.45, 2.75) is 187 Å². The molecule has 0 radical (unpaired) electrons. The molecule has 0 aromatic rings. The highest BCUT2D eigenvalue weighted by atomic mass is 31.2. The fourth-order valence-electron chi connectivity index (χ4n) is 5.11. The number of unbranched alkanes of at least 4 members (excludes halogenated alkanes) is 21. The Kier molecular flexibility index (Phi) is 31.8. The molecular formula is C36H69O8P. The number of rotatable bonds is 34. The van der Waals surface area contributed by atoms with Crippen LogP contribution in [0.25, 0.3) is 0 Å². The zero-order valence-electron chi connectivity index (χ0n) is 29.3. The van der Waals surface area contributed by atoms with Crippen molar-refractivity contribution in [3.8, 4) is 0 Å². The molecule has 1 N–H and O–H groups in total. The Labute approximate surface area is 276 Å². The van der Waals surface area contributed by atoms with E-state index in [0.29, 0.717) is 12.8 Å². The minimum atomic E-state index is -4.25. The van der Waals surface area contributed by atoms with E-state index in [4.69, 9.17) is 14.0 Å². The molecule has 0 heterocycles. The van der Waals surface area contributed by atoms with E-state index in [1.807, 2.05) is 0 Å². The molecule has 0 saturated heterocycles. The Morgan fingerprint density at radius 1 is 0.600 bits per heavy atom. The molecule has 0 aliphatic heterocycles. The molecule has 0 spiro atoms. The maximum absolute atomic E-state index is 12.4. The number of phosphoric acid groups is 1. The second-order valence-electron chi connectivity index (χ2n) is 12.4. The molecule has 2 atom stereocenters. The largest absolute Gasteiger partial charge is 0.472 e. The van der Waals surface area contributed by atoms with Crippen molar-refractivity contribution < 1.29 is 37.6 Å². The Bertz CT molecular complexity index is 757. The van der Waals surface area contributed by atoms with E-state index in [2.05, 4.69) is 30.5 Å². The molecular weight excluding hydrogens is 591 g/mol. The van der Waals surface area contributed by atoms with Gasteiger partial charge in [-0.3, -0.25) is 18.6 Å². The van der Waals surface area contributed by atoms with Crippen LogP contribution in [0.3, 0.4) is 0 Å². The van der Waals surface area contributed by atoms with Crippen molar-refractivity contribution in [2.75, 3.05) is 20.3 Å². The quantitative estimate of drug-likeness (QED) is 0.0314. The second kappa shape index (κ2) is 32.7. The molecule has 0 saturated carbocycles. The second-order valence-corrected chi connectivity index (χ2v) is 13.9. The molecule has 0 bridgehead atoms. The molecule has 266 valence electrons. The van der Waals surface area contributed by atoms with Crippen LogP contribution in [0.5, 0.6) is 0 Å². The summed E-state index contributed by atoms with van der Waals surface area (Å²) in [5.41, 5.74) is 0. The van der Waals surface area contributed by atoms with E-state index in [-0.39, 0.29) is 19.0 Å². The Morgan fingerprint density at radius 2 is 1.02 bits per heavy atom. The van der Waals surface area contributed by atoms with Gasteiger partial charge in [-0.15, -0.1) is 0 Å². The zero-order valence-corrected chi connectivity index (χ0v) is 30.2. The van der Waals surface area contributed by atoms with Crippen LogP contribution in [0.1, 0.15) is 181 Å². The number of esters is 2. The third kappa shape index (κ3) is 32.5. The van der Waals surface area contributed by atoms with E-state index in [9.17, 15) is 19.0 Å². The van der Waals surface area contributed by atoms with Crippen molar-refractivity contribution in [1.29, 1.82) is 0 Å². The van der Waals surface area contributed by atoms with Crippen molar-refractivity contribution in [1.82, 2.24) is 0 Å². The summed E-state index contributed by atoms with van der Waals surface area (Å²) in [5.74, 6) is -0.804. The smallest absolute Gasteiger partial charge is 0.462 e. The number of ether oxygens (including phenoxy) is 2. The van der Waals surface area contributed by atoms with Crippen LogP contribution < -0.4 is 0 Å². The summed E-state index contributed by atoms with van der Waals surface area (Å²) in [6.45, 7) is 3.84. The number of hydrogen-bond acceptors (Lipinski definition) is 7. The molecule has 0 rings (SSSR count). The van der Waals surface area contributed by atoms with Gasteiger partial charge in [0.15, 0.2) is 6.10 Å². The molecule has 1 unspecified atom stereocenters. The minimum absolute atomic E-state index is 0.222. The van der Waals surface area contributed by atoms with Gasteiger partial charge >= 0.3 is 19.8 Å². The molecule has 0 aromatic heterocycles. The summed E-state index contributed by atoms with van der Waals surface area (Å²) in [6, 6.07) is 0. The summed E-state index contributed by atoms with van der Waals surface area (Å²) >= 11 is 0. The number of carbonyl (C=O) groups is 2. The van der Waals surface area contributed by atoms with Crippen molar-refractivity contribution in [3.63, 3.8) is 0 Å². The number of hydrogen-bond donors (Lipinski definition) is 1. The topological polar surface area (TPSA) is 108 Å². The average molecular weight is 661 g/mol. The van der Waals surface area contributed by atoms with Gasteiger partial charge in [-0.1, -0.05) is 148 Å². The van der Waals surface area contributed by atoms with Crippen LogP contribution in [0, 0.1) is 0 Å². The molecule has 8 nitrogen and oxygen atoms in total. The van der Waals surface area contributed by atoms with E-state index in [0.717, 1.165) is 52.1 Å². The van der Waals surface area contributed by atoms with Crippen molar-refractivity contribution in [2.24, 2.45) is 0 Å². The maximum atomic E-state index is 12.4. The van der Waals surface area contributed by atoms with Gasteiger partial charge < -0.3 is 14.4 Å². The van der Waals surface area contributed by atoms with Crippen LogP contribution in [0.2, 0.25) is 0 Å². The van der Waals surface area contributed by atoms with Crippen LogP contribution in [0.4, 0.5) is 0 Å². The van der Waals surface area contributed by atoms with E-state index in [1.165, 1.54) is 103 Å². The summed E-state index contributed by atoms with van der Waals surface area (Å²) in [7, 11) is -3.19. The summed E-state index contributed by atoms with van der Waals surface area (Å²) in [5, 5.41) is 0. The van der Waals surface area contributed by atoms with Gasteiger partial charge in [-0.05, 0) is 32.1 Å². The number of allylic oxidation sites excluding steroid dienone is 2. The highest BCUT2D eigenvalue weighted by Gasteiger charge is 2.24. The standard InChI is InChI=1S/C36H69O8P/c1-4-6-8-10-12-14-16-18-20-22-24-26-28-30-35(37)42-32-34(33-43-45(39,40)41-3)44-36(38)31-29-27-25-23-21-19-17-15-13-11-9-7-5-2/h11,13,34H,4-10,12,14-33H2,1-3H3,(H,39,40)/b13-11-/t34-/m1/s1. The molecule has 0 amide bonds. The normalized spacial score (nSPS) is 13.6. The fourth-order valence-corrected chi connectivity index (χ4v) is 5.57. The van der Waals surface area contributed by atoms with Gasteiger partial charge in [0.25, 0.3) is 0 Å². The minimum Gasteiger partial charge on any atom is -0.462 e. The van der Waals surface area contributed by atoms with Crippen LogP contribution in [0.15, 0.2) is 12.2 Å². The predicted octanol–water partition coefficient (Wildman–Crippen LogP) is 10.9. The monoisotopic (exact) mass is 660 g/mol. The Hall–Kier alpha value is -1.21. The number of phosphoric ester groups is 1. The van der Waals surface area contributed by atoms with Gasteiger partial charge in [0.2, 0.25) is 0 Å². The summed E-state index contributed by atoms with van der Waals surface area (Å²) in [6.07, 6.45) is 32.6. The highest BCUT2D eigenvalue weighted by molar-refractivity contribution is 7.47. The van der Waals surface area contributed by atoms with Gasteiger partial charge in [-0.2, -0.15) is 0 Å². The van der Waals surface area contributed by atoms with Crippen LogP contribution in [-0.2, 0) is 32.7 Å². The number of carbonyl (C=O) groups excluding carboxylic acids is 2. The molecule has 0 aromatic carbocycles. The lowest BCUT2D eigenvalue weighted by Gasteiger charge is -2.19. The molecule has 0 aliphatic carbocycles. The molecule has 9 heteroatoms. The fraction of sp³-hybridized carbons (Fsp3) is 0.889. The first kappa shape index (κ1) is 43.8. The summed E-state index contributed by atoms with van der Waals surface area (Å²) < 4.78 is 31.8. The summed E-state index contributed by atoms with van der Waals surface area (Å²) in [4.78, 5) is 34.2. The van der Waals surface area contributed by atoms with Gasteiger partial charge in [0.1, 0.15) is 6.61 Å². The third-order valence-electron chi connectivity index (χ3n) is 8.01. The zero-order chi connectivity index (χ0) is 33.3. The van der Waals surface area contributed by atoms with E-state index in [1.54, 1.807) is 0 Å². The van der Waals surface area contributed by atoms with Crippen LogP contribution >= 0.6 is 7.82 Å². The average Bonchev–Trinajstić information content (AvgIpc) is 3.03. The lowest BCUT2D eigenvalue weighted by molar-refractivity contribution is -0.161. The Morgan fingerprint density at radius 3 is 1.51 bits per heavy atom. The molecule has 0 aliphatic rings. The lowest BCUT2D eigenvalue weighted by atomic mass is 10.0. The Balaban J connectivity index is 4.06. The van der Waals surface area contributed by atoms with Gasteiger partial charge in [0, 0.05) is 20.0 Å². The first-order valence-electron chi connectivity index (χ1n) is 18.4.